The van der Waals surface area contributed by atoms with Gasteiger partial charge in [0.1, 0.15) is 0 Å². The first-order valence-corrected chi connectivity index (χ1v) is 9.88. The van der Waals surface area contributed by atoms with E-state index >= 15 is 0 Å². The van der Waals surface area contributed by atoms with Crippen LogP contribution in [0.4, 0.5) is 5.69 Å². The largest absolute Gasteiger partial charge is 0.310 e. The van der Waals surface area contributed by atoms with E-state index in [1.54, 1.807) is 4.90 Å². The zero-order chi connectivity index (χ0) is 19.8. The number of carbonyl (C=O) groups excluding carboxylic acids is 1. The standard InChI is InChI=1S/C23H28N4O/c1-20-7-5-8-21(17-20)18-25-13-15-26(16-14-25)19-23(28)27(12-6-11-24)22-9-3-2-4-10-22/h2-5,7-10,17H,6,12-16,18-19H2,1H3. The molecule has 1 amide bonds. The number of piperazine rings is 1. The molecule has 0 aliphatic carbocycles. The lowest BCUT2D eigenvalue weighted by Crippen LogP contribution is -2.50. The third-order valence-corrected chi connectivity index (χ3v) is 5.13. The number of nitriles is 1. The number of rotatable bonds is 7. The normalized spacial score (nSPS) is 15.1. The van der Waals surface area contributed by atoms with Crippen LogP contribution >= 0.6 is 0 Å². The second kappa shape index (κ2) is 10.0. The molecule has 0 aromatic heterocycles. The van der Waals surface area contributed by atoms with Gasteiger partial charge in [-0.15, -0.1) is 0 Å². The van der Waals surface area contributed by atoms with Crippen LogP contribution in [-0.2, 0) is 11.3 Å². The topological polar surface area (TPSA) is 50.6 Å². The summed E-state index contributed by atoms with van der Waals surface area (Å²) < 4.78 is 0. The van der Waals surface area contributed by atoms with Gasteiger partial charge in [-0.05, 0) is 24.6 Å². The molecule has 0 saturated carbocycles. The van der Waals surface area contributed by atoms with Crippen LogP contribution in [0.15, 0.2) is 54.6 Å². The first-order chi connectivity index (χ1) is 13.7. The molecule has 0 radical (unpaired) electrons. The van der Waals surface area contributed by atoms with Gasteiger partial charge in [-0.3, -0.25) is 14.6 Å². The highest BCUT2D eigenvalue weighted by atomic mass is 16.2. The summed E-state index contributed by atoms with van der Waals surface area (Å²) in [7, 11) is 0. The summed E-state index contributed by atoms with van der Waals surface area (Å²) in [6, 6.07) is 20.4. The van der Waals surface area contributed by atoms with E-state index in [2.05, 4.69) is 47.1 Å². The average molecular weight is 377 g/mol. The van der Waals surface area contributed by atoms with Crippen LogP contribution < -0.4 is 4.90 Å². The van der Waals surface area contributed by atoms with Gasteiger partial charge >= 0.3 is 0 Å². The molecule has 1 aliphatic rings. The predicted octanol–water partition coefficient (Wildman–Crippen LogP) is 3.06. The zero-order valence-electron chi connectivity index (χ0n) is 16.6. The van der Waals surface area contributed by atoms with E-state index in [4.69, 9.17) is 5.26 Å². The SMILES string of the molecule is Cc1cccc(CN2CCN(CC(=O)N(CCC#N)c3ccccc3)CC2)c1. The van der Waals surface area contributed by atoms with Crippen molar-refractivity contribution in [1.29, 1.82) is 5.26 Å². The summed E-state index contributed by atoms with van der Waals surface area (Å²) in [6.07, 6.45) is 0.338. The molecule has 0 spiro atoms. The molecule has 0 unspecified atom stereocenters. The van der Waals surface area contributed by atoms with E-state index in [0.29, 0.717) is 19.5 Å². The number of aryl methyl sites for hydroxylation is 1. The van der Waals surface area contributed by atoms with E-state index < -0.39 is 0 Å². The molecule has 1 aliphatic heterocycles. The number of para-hydroxylation sites is 1. The van der Waals surface area contributed by atoms with E-state index in [9.17, 15) is 4.79 Å². The van der Waals surface area contributed by atoms with Gasteiger partial charge < -0.3 is 4.90 Å². The van der Waals surface area contributed by atoms with Crippen molar-refractivity contribution in [2.24, 2.45) is 0 Å². The molecule has 2 aromatic carbocycles. The summed E-state index contributed by atoms with van der Waals surface area (Å²) in [5.41, 5.74) is 3.50. The molecule has 146 valence electrons. The fraction of sp³-hybridized carbons (Fsp3) is 0.391. The lowest BCUT2D eigenvalue weighted by Gasteiger charge is -2.35. The van der Waals surface area contributed by atoms with Crippen molar-refractivity contribution in [3.63, 3.8) is 0 Å². The molecule has 5 nitrogen and oxygen atoms in total. The molecule has 1 saturated heterocycles. The Morgan fingerprint density at radius 3 is 2.43 bits per heavy atom. The quantitative estimate of drug-likeness (QED) is 0.745. The van der Waals surface area contributed by atoms with Gasteiger partial charge in [0.15, 0.2) is 0 Å². The van der Waals surface area contributed by atoms with Crippen LogP contribution in [0.5, 0.6) is 0 Å². The van der Waals surface area contributed by atoms with Gasteiger partial charge in [0.05, 0.1) is 19.0 Å². The lowest BCUT2D eigenvalue weighted by molar-refractivity contribution is -0.120. The maximum Gasteiger partial charge on any atom is 0.241 e. The highest BCUT2D eigenvalue weighted by Gasteiger charge is 2.22. The molecule has 1 heterocycles. The van der Waals surface area contributed by atoms with Gasteiger partial charge in [0.2, 0.25) is 5.91 Å². The molecular formula is C23H28N4O. The minimum atomic E-state index is 0.0635. The van der Waals surface area contributed by atoms with Crippen molar-refractivity contribution in [3.05, 3.63) is 65.7 Å². The molecule has 1 fully saturated rings. The fourth-order valence-corrected chi connectivity index (χ4v) is 3.62. The van der Waals surface area contributed by atoms with Crippen molar-refractivity contribution >= 4 is 11.6 Å². The lowest BCUT2D eigenvalue weighted by atomic mass is 10.1. The van der Waals surface area contributed by atoms with E-state index in [-0.39, 0.29) is 5.91 Å². The summed E-state index contributed by atoms with van der Waals surface area (Å²) >= 11 is 0. The molecule has 0 atom stereocenters. The number of amides is 1. The molecular weight excluding hydrogens is 348 g/mol. The maximum absolute atomic E-state index is 12.9. The zero-order valence-corrected chi connectivity index (χ0v) is 16.6. The van der Waals surface area contributed by atoms with Crippen LogP contribution in [0.3, 0.4) is 0 Å². The Balaban J connectivity index is 1.52. The van der Waals surface area contributed by atoms with E-state index in [1.807, 2.05) is 30.3 Å². The van der Waals surface area contributed by atoms with Gasteiger partial charge in [-0.25, -0.2) is 0 Å². The van der Waals surface area contributed by atoms with Gasteiger partial charge in [-0.1, -0.05) is 48.0 Å². The van der Waals surface area contributed by atoms with Crippen molar-refractivity contribution in [2.45, 2.75) is 19.9 Å². The van der Waals surface area contributed by atoms with E-state index in [0.717, 1.165) is 38.4 Å². The monoisotopic (exact) mass is 376 g/mol. The Morgan fingerprint density at radius 1 is 1.04 bits per heavy atom. The van der Waals surface area contributed by atoms with Crippen molar-refractivity contribution < 1.29 is 4.79 Å². The highest BCUT2D eigenvalue weighted by Crippen LogP contribution is 2.15. The van der Waals surface area contributed by atoms with Crippen molar-refractivity contribution in [3.8, 4) is 6.07 Å². The Morgan fingerprint density at radius 2 is 1.75 bits per heavy atom. The Hall–Kier alpha value is -2.68. The fourth-order valence-electron chi connectivity index (χ4n) is 3.62. The number of hydrogen-bond acceptors (Lipinski definition) is 4. The minimum Gasteiger partial charge on any atom is -0.310 e. The number of carbonyl (C=O) groups is 1. The second-order valence-corrected chi connectivity index (χ2v) is 7.33. The highest BCUT2D eigenvalue weighted by molar-refractivity contribution is 5.94. The third-order valence-electron chi connectivity index (χ3n) is 5.13. The molecule has 3 rings (SSSR count). The van der Waals surface area contributed by atoms with Crippen molar-refractivity contribution in [2.75, 3.05) is 44.2 Å². The Labute approximate surface area is 167 Å². The number of benzene rings is 2. The third kappa shape index (κ3) is 5.66. The van der Waals surface area contributed by atoms with Crippen LogP contribution in [0.25, 0.3) is 0 Å². The minimum absolute atomic E-state index is 0.0635. The Bertz CT molecular complexity index is 807. The molecule has 2 aromatic rings. The second-order valence-electron chi connectivity index (χ2n) is 7.33. The number of nitrogens with zero attached hydrogens (tertiary/aromatic N) is 4. The van der Waals surface area contributed by atoms with Crippen molar-refractivity contribution in [1.82, 2.24) is 9.80 Å². The summed E-state index contributed by atoms with van der Waals surface area (Å²) in [4.78, 5) is 19.3. The molecule has 0 N–H and O–H groups in total. The van der Waals surface area contributed by atoms with Crippen LogP contribution in [0, 0.1) is 18.3 Å². The first-order valence-electron chi connectivity index (χ1n) is 9.88. The molecule has 5 heteroatoms. The number of anilines is 1. The predicted molar refractivity (Wildman–Crippen MR) is 112 cm³/mol. The Kier molecular flexibility index (Phi) is 7.18. The first kappa shape index (κ1) is 20.1. The molecule has 28 heavy (non-hydrogen) atoms. The molecule has 0 bridgehead atoms. The maximum atomic E-state index is 12.9. The van der Waals surface area contributed by atoms with Crippen LogP contribution in [0.1, 0.15) is 17.5 Å². The van der Waals surface area contributed by atoms with E-state index in [1.165, 1.54) is 11.1 Å². The average Bonchev–Trinajstić information content (AvgIpc) is 2.71. The van der Waals surface area contributed by atoms with Crippen LogP contribution in [0.2, 0.25) is 0 Å². The van der Waals surface area contributed by atoms with Gasteiger partial charge in [-0.2, -0.15) is 5.26 Å². The summed E-state index contributed by atoms with van der Waals surface area (Å²) in [6.45, 7) is 7.62. The van der Waals surface area contributed by atoms with Gasteiger partial charge in [0, 0.05) is 45.0 Å². The smallest absolute Gasteiger partial charge is 0.241 e. The van der Waals surface area contributed by atoms with Gasteiger partial charge in [0.25, 0.3) is 0 Å². The summed E-state index contributed by atoms with van der Waals surface area (Å²) in [5.74, 6) is 0.0635. The van der Waals surface area contributed by atoms with Crippen LogP contribution in [-0.4, -0.2) is 55.0 Å². The summed E-state index contributed by atoms with van der Waals surface area (Å²) in [5, 5.41) is 8.93. The number of hydrogen-bond donors (Lipinski definition) is 0.